The molecular formula is C16H19NO3. The number of carboxylic acid groups (broad SMARTS) is 1. The molecule has 0 radical (unpaired) electrons. The average molecular weight is 273 g/mol. The second-order valence-electron chi connectivity index (χ2n) is 4.72. The molecule has 0 fully saturated rings. The number of carbonyl (C=O) groups is 1. The van der Waals surface area contributed by atoms with Gasteiger partial charge in [-0.2, -0.15) is 0 Å². The number of ether oxygens (including phenoxy) is 1. The van der Waals surface area contributed by atoms with E-state index in [-0.39, 0.29) is 0 Å². The fourth-order valence-electron chi connectivity index (χ4n) is 2.39. The number of benzene rings is 1. The van der Waals surface area contributed by atoms with Crippen LogP contribution in [0.25, 0.3) is 11.3 Å². The van der Waals surface area contributed by atoms with Crippen LogP contribution >= 0.6 is 0 Å². The predicted octanol–water partition coefficient (Wildman–Crippen LogP) is 3.58. The molecule has 4 nitrogen and oxygen atoms in total. The molecule has 0 spiro atoms. The van der Waals surface area contributed by atoms with Crippen molar-refractivity contribution in [3.05, 3.63) is 41.6 Å². The van der Waals surface area contributed by atoms with Gasteiger partial charge in [-0.05, 0) is 31.5 Å². The number of aromatic nitrogens is 1. The normalized spacial score (nSPS) is 10.6. The van der Waals surface area contributed by atoms with Crippen molar-refractivity contribution in [1.82, 2.24) is 4.57 Å². The highest BCUT2D eigenvalue weighted by molar-refractivity contribution is 5.91. The maximum Gasteiger partial charge on any atom is 0.337 e. The molecule has 2 aromatic rings. The first-order valence-corrected chi connectivity index (χ1v) is 6.66. The zero-order valence-electron chi connectivity index (χ0n) is 12.0. The molecule has 106 valence electrons. The summed E-state index contributed by atoms with van der Waals surface area (Å²) >= 11 is 0. The summed E-state index contributed by atoms with van der Waals surface area (Å²) in [6.07, 6.45) is 0.950. The fourth-order valence-corrected chi connectivity index (χ4v) is 2.39. The van der Waals surface area contributed by atoms with Gasteiger partial charge in [-0.25, -0.2) is 4.79 Å². The van der Waals surface area contributed by atoms with E-state index in [0.29, 0.717) is 5.56 Å². The molecule has 0 saturated carbocycles. The number of nitrogens with zero attached hydrogens (tertiary/aromatic N) is 1. The van der Waals surface area contributed by atoms with Gasteiger partial charge in [-0.1, -0.05) is 19.1 Å². The van der Waals surface area contributed by atoms with Crippen LogP contribution in [0.2, 0.25) is 0 Å². The van der Waals surface area contributed by atoms with E-state index in [1.54, 1.807) is 13.2 Å². The number of aromatic carboxylic acids is 1. The van der Waals surface area contributed by atoms with Crippen LogP contribution in [0.1, 0.15) is 29.4 Å². The lowest BCUT2D eigenvalue weighted by molar-refractivity contribution is 0.0696. The van der Waals surface area contributed by atoms with Crippen LogP contribution in [0.5, 0.6) is 5.75 Å². The molecule has 0 bridgehead atoms. The van der Waals surface area contributed by atoms with Gasteiger partial charge in [0.25, 0.3) is 0 Å². The Hall–Kier alpha value is -2.23. The van der Waals surface area contributed by atoms with E-state index < -0.39 is 5.97 Å². The Morgan fingerprint density at radius 2 is 2.10 bits per heavy atom. The Labute approximate surface area is 118 Å². The van der Waals surface area contributed by atoms with E-state index in [4.69, 9.17) is 4.74 Å². The van der Waals surface area contributed by atoms with E-state index in [1.807, 2.05) is 31.2 Å². The summed E-state index contributed by atoms with van der Waals surface area (Å²) in [6, 6.07) is 9.42. The predicted molar refractivity (Wildman–Crippen MR) is 78.4 cm³/mol. The monoisotopic (exact) mass is 273 g/mol. The molecule has 20 heavy (non-hydrogen) atoms. The van der Waals surface area contributed by atoms with Crippen LogP contribution in [0, 0.1) is 6.92 Å². The van der Waals surface area contributed by atoms with Gasteiger partial charge in [-0.3, -0.25) is 0 Å². The quantitative estimate of drug-likeness (QED) is 0.905. The van der Waals surface area contributed by atoms with E-state index in [0.717, 1.165) is 35.7 Å². The summed E-state index contributed by atoms with van der Waals surface area (Å²) in [7, 11) is 1.62. The molecule has 0 aliphatic rings. The summed E-state index contributed by atoms with van der Waals surface area (Å²) in [4.78, 5) is 11.3. The zero-order chi connectivity index (χ0) is 14.7. The van der Waals surface area contributed by atoms with Crippen molar-refractivity contribution in [2.24, 2.45) is 0 Å². The third-order valence-electron chi connectivity index (χ3n) is 3.41. The minimum atomic E-state index is -0.888. The maximum absolute atomic E-state index is 11.3. The van der Waals surface area contributed by atoms with Crippen LogP contribution in [0.3, 0.4) is 0 Å². The summed E-state index contributed by atoms with van der Waals surface area (Å²) < 4.78 is 7.29. The first-order chi connectivity index (χ1) is 9.58. The zero-order valence-corrected chi connectivity index (χ0v) is 12.0. The number of rotatable bonds is 5. The first-order valence-electron chi connectivity index (χ1n) is 6.66. The fraction of sp³-hybridized carbons (Fsp3) is 0.312. The number of hydrogen-bond acceptors (Lipinski definition) is 2. The van der Waals surface area contributed by atoms with Crippen molar-refractivity contribution in [1.29, 1.82) is 0 Å². The van der Waals surface area contributed by atoms with Gasteiger partial charge in [0.2, 0.25) is 0 Å². The van der Waals surface area contributed by atoms with Gasteiger partial charge in [-0.15, -0.1) is 0 Å². The molecule has 1 N–H and O–H groups in total. The maximum atomic E-state index is 11.3. The number of carboxylic acids is 1. The van der Waals surface area contributed by atoms with E-state index in [2.05, 4.69) is 11.5 Å². The van der Waals surface area contributed by atoms with Gasteiger partial charge in [0.15, 0.2) is 0 Å². The molecular weight excluding hydrogens is 254 g/mol. The second-order valence-corrected chi connectivity index (χ2v) is 4.72. The summed E-state index contributed by atoms with van der Waals surface area (Å²) in [5.41, 5.74) is 3.03. The van der Waals surface area contributed by atoms with Crippen LogP contribution in [-0.4, -0.2) is 22.8 Å². The lowest BCUT2D eigenvalue weighted by Crippen LogP contribution is -2.04. The van der Waals surface area contributed by atoms with E-state index >= 15 is 0 Å². The van der Waals surface area contributed by atoms with Gasteiger partial charge < -0.3 is 14.4 Å². The van der Waals surface area contributed by atoms with Crippen molar-refractivity contribution < 1.29 is 14.6 Å². The number of methoxy groups -OCH3 is 1. The van der Waals surface area contributed by atoms with E-state index in [9.17, 15) is 9.90 Å². The SMILES string of the molecule is CCCn1c(-c2cccc(OC)c2)cc(C(=O)O)c1C. The van der Waals surface area contributed by atoms with Crippen LogP contribution < -0.4 is 4.74 Å². The van der Waals surface area contributed by atoms with Gasteiger partial charge in [0.05, 0.1) is 12.7 Å². The number of hydrogen-bond donors (Lipinski definition) is 1. The summed E-state index contributed by atoms with van der Waals surface area (Å²) in [6.45, 7) is 4.73. The minimum Gasteiger partial charge on any atom is -0.497 e. The Balaban J connectivity index is 2.59. The van der Waals surface area contributed by atoms with Gasteiger partial charge in [0, 0.05) is 23.5 Å². The molecule has 2 rings (SSSR count). The van der Waals surface area contributed by atoms with Crippen LogP contribution in [0.15, 0.2) is 30.3 Å². The van der Waals surface area contributed by atoms with Crippen molar-refractivity contribution >= 4 is 5.97 Å². The molecule has 4 heteroatoms. The highest BCUT2D eigenvalue weighted by atomic mass is 16.5. The molecule has 0 saturated heterocycles. The van der Waals surface area contributed by atoms with Crippen LogP contribution in [-0.2, 0) is 6.54 Å². The molecule has 0 atom stereocenters. The largest absolute Gasteiger partial charge is 0.497 e. The molecule has 0 aliphatic heterocycles. The second kappa shape index (κ2) is 5.82. The topological polar surface area (TPSA) is 51.5 Å². The standard InChI is InChI=1S/C16H19NO3/c1-4-8-17-11(2)14(16(18)19)10-15(17)12-6-5-7-13(9-12)20-3/h5-7,9-10H,4,8H2,1-3H3,(H,18,19). The molecule has 1 aromatic heterocycles. The Bertz CT molecular complexity index is 629. The van der Waals surface area contributed by atoms with Crippen molar-refractivity contribution in [2.75, 3.05) is 7.11 Å². The molecule has 0 amide bonds. The molecule has 0 unspecified atom stereocenters. The van der Waals surface area contributed by atoms with Crippen LogP contribution in [0.4, 0.5) is 0 Å². The Morgan fingerprint density at radius 3 is 2.70 bits per heavy atom. The highest BCUT2D eigenvalue weighted by Crippen LogP contribution is 2.28. The van der Waals surface area contributed by atoms with Gasteiger partial charge in [0.1, 0.15) is 5.75 Å². The lowest BCUT2D eigenvalue weighted by atomic mass is 10.1. The molecule has 1 aromatic carbocycles. The summed E-state index contributed by atoms with van der Waals surface area (Å²) in [5.74, 6) is -0.122. The first kappa shape index (κ1) is 14.2. The lowest BCUT2D eigenvalue weighted by Gasteiger charge is -2.11. The van der Waals surface area contributed by atoms with E-state index in [1.165, 1.54) is 0 Å². The smallest absolute Gasteiger partial charge is 0.337 e. The molecule has 0 aliphatic carbocycles. The third kappa shape index (κ3) is 2.54. The Kier molecular flexibility index (Phi) is 4.13. The van der Waals surface area contributed by atoms with Crippen molar-refractivity contribution in [3.8, 4) is 17.0 Å². The third-order valence-corrected chi connectivity index (χ3v) is 3.41. The highest BCUT2D eigenvalue weighted by Gasteiger charge is 2.17. The minimum absolute atomic E-state index is 0.358. The average Bonchev–Trinajstić information content (AvgIpc) is 2.77. The molecule has 1 heterocycles. The Morgan fingerprint density at radius 1 is 1.35 bits per heavy atom. The van der Waals surface area contributed by atoms with Crippen molar-refractivity contribution in [3.63, 3.8) is 0 Å². The van der Waals surface area contributed by atoms with Crippen molar-refractivity contribution in [2.45, 2.75) is 26.8 Å². The van der Waals surface area contributed by atoms with Gasteiger partial charge >= 0.3 is 5.97 Å². The summed E-state index contributed by atoms with van der Waals surface area (Å²) in [5, 5.41) is 9.28.